The van der Waals surface area contributed by atoms with Crippen LogP contribution in [0.5, 0.6) is 0 Å². The molecule has 33 heavy (non-hydrogen) atoms. The quantitative estimate of drug-likeness (QED) is 0.428. The minimum Gasteiger partial charge on any atom is -0.478 e. The summed E-state index contributed by atoms with van der Waals surface area (Å²) in [4.78, 5) is 42.0. The van der Waals surface area contributed by atoms with Gasteiger partial charge in [0.2, 0.25) is 11.8 Å². The molecular formula is C26H43N3O4. The molecule has 0 spiro atoms. The van der Waals surface area contributed by atoms with Gasteiger partial charge < -0.3 is 15.3 Å². The molecule has 1 aliphatic rings. The van der Waals surface area contributed by atoms with E-state index in [-0.39, 0.29) is 23.3 Å². The van der Waals surface area contributed by atoms with E-state index < -0.39 is 35.0 Å². The van der Waals surface area contributed by atoms with Crippen molar-refractivity contribution in [2.45, 2.75) is 98.3 Å². The lowest BCUT2D eigenvalue weighted by Gasteiger charge is -2.44. The van der Waals surface area contributed by atoms with E-state index in [0.29, 0.717) is 6.42 Å². The summed E-state index contributed by atoms with van der Waals surface area (Å²) in [6, 6.07) is -1.59. The van der Waals surface area contributed by atoms with Crippen molar-refractivity contribution in [2.24, 2.45) is 11.3 Å². The molecule has 0 saturated carbocycles. The maximum Gasteiger partial charge on any atom is 0.331 e. The molecule has 0 bridgehead atoms. The first kappa shape index (κ1) is 28.7. The molecule has 7 nitrogen and oxygen atoms in total. The SMILES string of the molecule is C#CC(C)(C)N1CCCC[C@@H]1C(=O)N[C@H](C(=O)N(C)C(C=C(C)C(=O)O)C(C)C)C(C)(C)C. The van der Waals surface area contributed by atoms with E-state index in [4.69, 9.17) is 6.42 Å². The van der Waals surface area contributed by atoms with Gasteiger partial charge in [0, 0.05) is 19.2 Å². The molecule has 1 fully saturated rings. The van der Waals surface area contributed by atoms with Gasteiger partial charge in [-0.2, -0.15) is 0 Å². The molecule has 0 aromatic heterocycles. The van der Waals surface area contributed by atoms with Crippen molar-refractivity contribution < 1.29 is 19.5 Å². The van der Waals surface area contributed by atoms with Gasteiger partial charge in [-0.1, -0.05) is 53.0 Å². The van der Waals surface area contributed by atoms with Crippen LogP contribution >= 0.6 is 0 Å². The van der Waals surface area contributed by atoms with Crippen LogP contribution in [0.1, 0.15) is 74.7 Å². The number of hydrogen-bond acceptors (Lipinski definition) is 4. The Hall–Kier alpha value is -2.33. The van der Waals surface area contributed by atoms with Crippen LogP contribution in [0.25, 0.3) is 0 Å². The molecule has 0 radical (unpaired) electrons. The predicted octanol–water partition coefficient (Wildman–Crippen LogP) is 3.30. The van der Waals surface area contributed by atoms with E-state index in [1.54, 1.807) is 18.0 Å². The van der Waals surface area contributed by atoms with E-state index in [9.17, 15) is 19.5 Å². The zero-order valence-electron chi connectivity index (χ0n) is 21.9. The Morgan fingerprint density at radius 3 is 2.21 bits per heavy atom. The van der Waals surface area contributed by atoms with Crippen LogP contribution in [-0.2, 0) is 14.4 Å². The number of carboxylic acids is 1. The number of likely N-dealkylation sites (tertiary alicyclic amines) is 1. The Bertz CT molecular complexity index is 801. The fraction of sp³-hybridized carbons (Fsp3) is 0.731. The summed E-state index contributed by atoms with van der Waals surface area (Å²) in [5.74, 6) is 1.32. The van der Waals surface area contributed by atoms with Crippen LogP contribution in [0, 0.1) is 23.7 Å². The molecule has 0 aliphatic carbocycles. The number of nitrogens with one attached hydrogen (secondary N) is 1. The van der Waals surface area contributed by atoms with Gasteiger partial charge in [0.05, 0.1) is 17.6 Å². The number of carboxylic acid groups (broad SMARTS) is 1. The second-order valence-corrected chi connectivity index (χ2v) is 11.1. The third-order valence-electron chi connectivity index (χ3n) is 6.51. The summed E-state index contributed by atoms with van der Waals surface area (Å²) in [6.07, 6.45) is 9.94. The Labute approximate surface area is 200 Å². The number of amides is 2. The summed E-state index contributed by atoms with van der Waals surface area (Å²) < 4.78 is 0. The average Bonchev–Trinajstić information content (AvgIpc) is 2.73. The van der Waals surface area contributed by atoms with Crippen molar-refractivity contribution in [1.82, 2.24) is 15.1 Å². The Morgan fingerprint density at radius 2 is 1.76 bits per heavy atom. The van der Waals surface area contributed by atoms with Crippen LogP contribution in [0.4, 0.5) is 0 Å². The highest BCUT2D eigenvalue weighted by Crippen LogP contribution is 2.28. The number of nitrogens with zero attached hydrogens (tertiary/aromatic N) is 2. The molecule has 186 valence electrons. The second-order valence-electron chi connectivity index (χ2n) is 11.1. The number of carbonyl (C=O) groups excluding carboxylic acids is 2. The maximum absolute atomic E-state index is 13.6. The summed E-state index contributed by atoms with van der Waals surface area (Å²) in [6.45, 7) is 15.7. The molecule has 3 atom stereocenters. The minimum absolute atomic E-state index is 0.00478. The molecule has 1 rings (SSSR count). The smallest absolute Gasteiger partial charge is 0.331 e. The number of piperidine rings is 1. The van der Waals surface area contributed by atoms with Crippen molar-refractivity contribution in [3.63, 3.8) is 0 Å². The molecule has 1 aliphatic heterocycles. The highest BCUT2D eigenvalue weighted by molar-refractivity contribution is 5.91. The van der Waals surface area contributed by atoms with Gasteiger partial charge in [-0.15, -0.1) is 6.42 Å². The molecule has 0 aromatic rings. The molecule has 1 saturated heterocycles. The highest BCUT2D eigenvalue weighted by atomic mass is 16.4. The number of hydrogen-bond donors (Lipinski definition) is 2. The summed E-state index contributed by atoms with van der Waals surface area (Å²) in [5.41, 5.74) is -0.934. The molecule has 0 aromatic carbocycles. The highest BCUT2D eigenvalue weighted by Gasteiger charge is 2.41. The van der Waals surface area contributed by atoms with Crippen LogP contribution in [0.3, 0.4) is 0 Å². The molecule has 2 amide bonds. The predicted molar refractivity (Wildman–Crippen MR) is 131 cm³/mol. The van der Waals surface area contributed by atoms with Gasteiger partial charge in [0.25, 0.3) is 0 Å². The zero-order chi connectivity index (χ0) is 25.7. The first-order chi connectivity index (χ1) is 15.0. The van der Waals surface area contributed by atoms with Crippen molar-refractivity contribution in [3.8, 4) is 12.3 Å². The van der Waals surface area contributed by atoms with Crippen molar-refractivity contribution in [3.05, 3.63) is 11.6 Å². The molecule has 1 heterocycles. The van der Waals surface area contributed by atoms with Gasteiger partial charge in [-0.25, -0.2) is 4.79 Å². The fourth-order valence-electron chi connectivity index (χ4n) is 4.27. The second kappa shape index (κ2) is 11.2. The van der Waals surface area contributed by atoms with E-state index >= 15 is 0 Å². The normalized spacial score (nSPS) is 20.0. The standard InChI is InChI=1S/C26H43N3O4/c1-11-26(8,9)29-15-13-12-14-19(29)22(30)27-21(25(5,6)7)23(31)28(10)20(17(2)3)16-18(4)24(32)33/h1,16-17,19-21H,12-15H2,2-10H3,(H,27,30)(H,32,33)/t19-,20?,21-/m1/s1. The lowest BCUT2D eigenvalue weighted by molar-refractivity contribution is -0.142. The third kappa shape index (κ3) is 7.33. The monoisotopic (exact) mass is 461 g/mol. The first-order valence-corrected chi connectivity index (χ1v) is 11.8. The van der Waals surface area contributed by atoms with Crippen molar-refractivity contribution in [2.75, 3.05) is 13.6 Å². The number of aliphatic carboxylic acids is 1. The lowest BCUT2D eigenvalue weighted by atomic mass is 9.84. The summed E-state index contributed by atoms with van der Waals surface area (Å²) in [5, 5.41) is 12.3. The lowest BCUT2D eigenvalue weighted by Crippen LogP contribution is -2.62. The van der Waals surface area contributed by atoms with Crippen LogP contribution in [0.15, 0.2) is 11.6 Å². The van der Waals surface area contributed by atoms with E-state index in [2.05, 4.69) is 16.1 Å². The van der Waals surface area contributed by atoms with E-state index in [0.717, 1.165) is 19.4 Å². The number of likely N-dealkylation sites (N-methyl/N-ethyl adjacent to an activating group) is 1. The van der Waals surface area contributed by atoms with E-state index in [1.165, 1.54) is 6.92 Å². The number of terminal acetylenes is 1. The first-order valence-electron chi connectivity index (χ1n) is 11.8. The Balaban J connectivity index is 3.23. The van der Waals surface area contributed by atoms with Gasteiger partial charge in [-0.3, -0.25) is 14.5 Å². The zero-order valence-corrected chi connectivity index (χ0v) is 21.9. The Morgan fingerprint density at radius 1 is 1.18 bits per heavy atom. The van der Waals surface area contributed by atoms with Crippen molar-refractivity contribution in [1.29, 1.82) is 0 Å². The van der Waals surface area contributed by atoms with Crippen LogP contribution in [0.2, 0.25) is 0 Å². The largest absolute Gasteiger partial charge is 0.478 e. The number of carbonyl (C=O) groups is 3. The minimum atomic E-state index is -1.02. The molecule has 7 heteroatoms. The number of rotatable bonds is 8. The molecule has 2 N–H and O–H groups in total. The Kier molecular flexibility index (Phi) is 9.74. The van der Waals surface area contributed by atoms with Crippen LogP contribution in [-0.4, -0.2) is 69.9 Å². The van der Waals surface area contributed by atoms with Crippen molar-refractivity contribution >= 4 is 17.8 Å². The summed E-state index contributed by atoms with van der Waals surface area (Å²) >= 11 is 0. The average molecular weight is 462 g/mol. The summed E-state index contributed by atoms with van der Waals surface area (Å²) in [7, 11) is 1.66. The molecular weight excluding hydrogens is 418 g/mol. The van der Waals surface area contributed by atoms with Gasteiger partial charge in [0.1, 0.15) is 6.04 Å². The topological polar surface area (TPSA) is 90.0 Å². The third-order valence-corrected chi connectivity index (χ3v) is 6.51. The molecule has 1 unspecified atom stereocenters. The maximum atomic E-state index is 13.6. The van der Waals surface area contributed by atoms with E-state index in [1.807, 2.05) is 48.5 Å². The van der Waals surface area contributed by atoms with Gasteiger partial charge in [0.15, 0.2) is 0 Å². The fourth-order valence-corrected chi connectivity index (χ4v) is 4.27. The van der Waals surface area contributed by atoms with Crippen LogP contribution < -0.4 is 5.32 Å². The van der Waals surface area contributed by atoms with Gasteiger partial charge in [-0.05, 0) is 44.9 Å². The van der Waals surface area contributed by atoms with Gasteiger partial charge >= 0.3 is 5.97 Å².